The number of halogens is 3. The van der Waals surface area contributed by atoms with Crippen molar-refractivity contribution >= 4 is 67.8 Å². The van der Waals surface area contributed by atoms with E-state index in [-0.39, 0.29) is 15.0 Å². The van der Waals surface area contributed by atoms with Crippen molar-refractivity contribution in [1.29, 1.82) is 0 Å². The average molecular weight is 699 g/mol. The van der Waals surface area contributed by atoms with Crippen molar-refractivity contribution in [3.63, 3.8) is 0 Å². The summed E-state index contributed by atoms with van der Waals surface area (Å²) in [6.45, 7) is 3.76. The maximum atomic E-state index is 4.57. The molecule has 0 atom stereocenters. The van der Waals surface area contributed by atoms with Gasteiger partial charge in [0.2, 0.25) is 0 Å². The second kappa shape index (κ2) is 8.01. The third-order valence-corrected chi connectivity index (χ3v) is 6.31. The second-order valence-electron chi connectivity index (χ2n) is 4.53. The van der Waals surface area contributed by atoms with Crippen molar-refractivity contribution in [2.75, 3.05) is 0 Å². The number of aromatic nitrogens is 6. The molecule has 0 unspecified atom stereocenters. The molecule has 3 aromatic heterocycles. The molecule has 10 heteroatoms. The predicted octanol–water partition coefficient (Wildman–Crippen LogP) is 3.54. The summed E-state index contributed by atoms with van der Waals surface area (Å²) in [5.41, 5.74) is 0. The number of allylic oxidation sites excluding steroid dienone is 2. The van der Waals surface area contributed by atoms with Gasteiger partial charge in [-0.3, -0.25) is 0 Å². The normalized spacial score (nSPS) is 12.1. The fourth-order valence-corrected chi connectivity index (χ4v) is 4.61. The van der Waals surface area contributed by atoms with Crippen molar-refractivity contribution in [2.45, 2.75) is 4.69 Å². The Morgan fingerprint density at radius 1 is 0.875 bits per heavy atom. The summed E-state index contributed by atoms with van der Waals surface area (Å²) in [4.78, 5) is 2.08. The summed E-state index contributed by atoms with van der Waals surface area (Å²) in [7, 11) is 0. The number of rotatable bonds is 6. The summed E-state index contributed by atoms with van der Waals surface area (Å²) >= 11 is 7.05. The molecule has 0 saturated heterocycles. The molecule has 6 nitrogen and oxygen atoms in total. The fourth-order valence-electron chi connectivity index (χ4n) is 2.01. The molecule has 3 aromatic rings. The Morgan fingerprint density at radius 3 is 1.58 bits per heavy atom. The molecule has 0 saturated carbocycles. The molecule has 0 aromatic carbocycles. The molecular formula is C14H11I3MnN6. The van der Waals surface area contributed by atoms with Crippen molar-refractivity contribution in [2.24, 2.45) is 0 Å². The van der Waals surface area contributed by atoms with Gasteiger partial charge in [-0.15, -0.1) is 0 Å². The van der Waals surface area contributed by atoms with Crippen LogP contribution in [-0.2, 0) is 19.6 Å². The standard InChI is InChI=1S/C10H6I3N6.C4H5.Mn/c11-7-1-14-17(4-7)10(18-5-8(12)2-15-18)19-6-9(13)3-16-19;1-3-4-2;/h1-6H;1,3-4H,2H2;. The van der Waals surface area contributed by atoms with E-state index >= 15 is 0 Å². The predicted molar refractivity (Wildman–Crippen MR) is 113 cm³/mol. The first-order valence-corrected chi connectivity index (χ1v) is 11.1. The Hall–Kier alpha value is -0.181. The molecule has 125 valence electrons. The Balaban J connectivity index is 2.26. The molecule has 0 fully saturated rings. The van der Waals surface area contributed by atoms with Crippen LogP contribution in [0.15, 0.2) is 60.9 Å². The SMILES string of the molecule is C=CC=[CH][Mn][C](n1cc(I)cn1)(n1cc(I)cn1)n1cc(I)cn1. The second-order valence-corrected chi connectivity index (χ2v) is 9.79. The summed E-state index contributed by atoms with van der Waals surface area (Å²) < 4.78 is 8.19. The zero-order chi connectivity index (χ0) is 17.2. The van der Waals surface area contributed by atoms with Crippen LogP contribution in [0, 0.1) is 10.7 Å². The monoisotopic (exact) mass is 699 g/mol. The molecule has 0 amide bonds. The van der Waals surface area contributed by atoms with Gasteiger partial charge in [0, 0.05) is 0 Å². The molecule has 0 aliphatic rings. The van der Waals surface area contributed by atoms with Gasteiger partial charge in [-0.25, -0.2) is 0 Å². The van der Waals surface area contributed by atoms with Gasteiger partial charge in [-0.2, -0.15) is 0 Å². The molecule has 0 aliphatic carbocycles. The van der Waals surface area contributed by atoms with Crippen LogP contribution >= 0.6 is 67.8 Å². The van der Waals surface area contributed by atoms with E-state index in [1.807, 2.05) is 57.3 Å². The Morgan fingerprint density at radius 2 is 1.29 bits per heavy atom. The summed E-state index contributed by atoms with van der Waals surface area (Å²) in [6, 6.07) is 0. The van der Waals surface area contributed by atoms with Gasteiger partial charge in [-0.1, -0.05) is 0 Å². The van der Waals surface area contributed by atoms with Gasteiger partial charge in [0.05, 0.1) is 0 Å². The van der Waals surface area contributed by atoms with Gasteiger partial charge in [0.15, 0.2) is 0 Å². The summed E-state index contributed by atoms with van der Waals surface area (Å²) in [5.74, 6) is 0. The number of hydrogen-bond acceptors (Lipinski definition) is 3. The molecule has 3 rings (SSSR count). The number of hydrogen-bond donors (Lipinski definition) is 0. The molecule has 0 N–H and O–H groups in total. The first kappa shape index (κ1) is 18.6. The van der Waals surface area contributed by atoms with E-state index in [4.69, 9.17) is 0 Å². The third kappa shape index (κ3) is 3.66. The quantitative estimate of drug-likeness (QED) is 0.225. The van der Waals surface area contributed by atoms with Gasteiger partial charge in [0.25, 0.3) is 0 Å². The molecular weight excluding hydrogens is 688 g/mol. The topological polar surface area (TPSA) is 53.5 Å². The van der Waals surface area contributed by atoms with Crippen LogP contribution in [-0.4, -0.2) is 29.3 Å². The zero-order valence-electron chi connectivity index (χ0n) is 12.1. The average Bonchev–Trinajstić information content (AvgIpc) is 3.27. The molecule has 3 heterocycles. The number of nitrogens with zero attached hydrogens (tertiary/aromatic N) is 6. The van der Waals surface area contributed by atoms with E-state index in [0.29, 0.717) is 0 Å². The Kier molecular flexibility index (Phi) is 6.21. The van der Waals surface area contributed by atoms with E-state index in [1.165, 1.54) is 0 Å². The minimum atomic E-state index is -0.709. The van der Waals surface area contributed by atoms with Gasteiger partial charge in [0.1, 0.15) is 0 Å². The molecule has 24 heavy (non-hydrogen) atoms. The van der Waals surface area contributed by atoms with Gasteiger partial charge in [-0.05, 0) is 0 Å². The van der Waals surface area contributed by atoms with E-state index in [0.717, 1.165) is 10.7 Å². The molecule has 0 bridgehead atoms. The minimum absolute atomic E-state index is 0.274. The first-order valence-electron chi connectivity index (χ1n) is 6.60. The van der Waals surface area contributed by atoms with Crippen LogP contribution < -0.4 is 0 Å². The van der Waals surface area contributed by atoms with Crippen LogP contribution in [0.2, 0.25) is 0 Å². The maximum absolute atomic E-state index is 4.57. The Labute approximate surface area is 186 Å². The van der Waals surface area contributed by atoms with Crippen LogP contribution in [0.1, 0.15) is 0 Å². The summed E-state index contributed by atoms with van der Waals surface area (Å²) in [6.07, 6.45) is 15.2. The van der Waals surface area contributed by atoms with Crippen LogP contribution in [0.3, 0.4) is 0 Å². The Bertz CT molecular complexity index is 782. The van der Waals surface area contributed by atoms with Crippen molar-refractivity contribution in [3.05, 3.63) is 71.6 Å². The van der Waals surface area contributed by atoms with Crippen LogP contribution in [0.4, 0.5) is 0 Å². The summed E-state index contributed by atoms with van der Waals surface area (Å²) in [5, 5.41) is 13.7. The van der Waals surface area contributed by atoms with Crippen LogP contribution in [0.5, 0.6) is 0 Å². The zero-order valence-corrected chi connectivity index (χ0v) is 19.8. The van der Waals surface area contributed by atoms with Crippen LogP contribution in [0.25, 0.3) is 0 Å². The molecule has 0 aliphatic heterocycles. The van der Waals surface area contributed by atoms with Crippen molar-refractivity contribution in [3.8, 4) is 0 Å². The molecule has 0 radical (unpaired) electrons. The molecule has 0 spiro atoms. The van der Waals surface area contributed by atoms with E-state index in [9.17, 15) is 0 Å². The fraction of sp³-hybridized carbons (Fsp3) is 0.0714. The first-order chi connectivity index (χ1) is 11.6. The van der Waals surface area contributed by atoms with E-state index in [1.54, 1.807) is 6.08 Å². The van der Waals surface area contributed by atoms with E-state index in [2.05, 4.69) is 94.6 Å². The van der Waals surface area contributed by atoms with Gasteiger partial charge >= 0.3 is 188 Å². The van der Waals surface area contributed by atoms with Crippen molar-refractivity contribution in [1.82, 2.24) is 29.3 Å². The van der Waals surface area contributed by atoms with E-state index < -0.39 is 4.69 Å². The van der Waals surface area contributed by atoms with Crippen molar-refractivity contribution < 1.29 is 15.0 Å². The van der Waals surface area contributed by atoms with Gasteiger partial charge < -0.3 is 0 Å². The third-order valence-electron chi connectivity index (χ3n) is 2.95.